The van der Waals surface area contributed by atoms with Gasteiger partial charge in [0, 0.05) is 5.56 Å². The number of benzene rings is 1. The highest BCUT2D eigenvalue weighted by molar-refractivity contribution is 5.63. The van der Waals surface area contributed by atoms with Crippen molar-refractivity contribution in [1.29, 1.82) is 0 Å². The highest BCUT2D eigenvalue weighted by Gasteiger charge is 2.31. The molecule has 2 rings (SSSR count). The molecule has 1 aromatic carbocycles. The number of hydrogen-bond donors (Lipinski definition) is 1. The molecule has 0 saturated heterocycles. The summed E-state index contributed by atoms with van der Waals surface area (Å²) < 4.78 is 38.4. The average molecular weight is 294 g/mol. The van der Waals surface area contributed by atoms with Gasteiger partial charge < -0.3 is 5.73 Å². The maximum atomic E-state index is 12.8. The number of pyridine rings is 1. The van der Waals surface area contributed by atoms with E-state index in [1.54, 1.807) is 12.1 Å². The van der Waals surface area contributed by atoms with E-state index in [1.165, 1.54) is 0 Å². The zero-order chi connectivity index (χ0) is 15.8. The summed E-state index contributed by atoms with van der Waals surface area (Å²) in [6.07, 6.45) is -4.43. The van der Waals surface area contributed by atoms with E-state index < -0.39 is 11.7 Å². The fourth-order valence-corrected chi connectivity index (χ4v) is 2.00. The summed E-state index contributed by atoms with van der Waals surface area (Å²) in [4.78, 5) is 3.99. The van der Waals surface area contributed by atoms with Crippen molar-refractivity contribution in [2.24, 2.45) is 0 Å². The van der Waals surface area contributed by atoms with E-state index in [9.17, 15) is 13.2 Å². The van der Waals surface area contributed by atoms with Crippen LogP contribution in [-0.2, 0) is 11.6 Å². The van der Waals surface area contributed by atoms with Crippen LogP contribution in [-0.4, -0.2) is 4.98 Å². The summed E-state index contributed by atoms with van der Waals surface area (Å²) in [6.45, 7) is 6.22. The van der Waals surface area contributed by atoms with Crippen molar-refractivity contribution in [3.05, 3.63) is 47.5 Å². The van der Waals surface area contributed by atoms with E-state index in [4.69, 9.17) is 5.73 Å². The van der Waals surface area contributed by atoms with Gasteiger partial charge in [-0.3, -0.25) is 0 Å². The highest BCUT2D eigenvalue weighted by Crippen LogP contribution is 2.33. The van der Waals surface area contributed by atoms with E-state index in [0.29, 0.717) is 5.56 Å². The molecule has 0 amide bonds. The van der Waals surface area contributed by atoms with E-state index in [-0.39, 0.29) is 16.9 Å². The van der Waals surface area contributed by atoms with Gasteiger partial charge in [-0.25, -0.2) is 4.98 Å². The van der Waals surface area contributed by atoms with Crippen LogP contribution in [0.5, 0.6) is 0 Å². The number of rotatable bonds is 1. The molecule has 0 unspecified atom stereocenters. The molecular weight excluding hydrogens is 277 g/mol. The van der Waals surface area contributed by atoms with Crippen molar-refractivity contribution in [3.8, 4) is 11.3 Å². The lowest BCUT2D eigenvalue weighted by molar-refractivity contribution is -0.137. The van der Waals surface area contributed by atoms with Crippen LogP contribution in [0.25, 0.3) is 11.3 Å². The van der Waals surface area contributed by atoms with Gasteiger partial charge in [0.25, 0.3) is 0 Å². The van der Waals surface area contributed by atoms with E-state index in [0.717, 1.165) is 17.7 Å². The number of aromatic nitrogens is 1. The smallest absolute Gasteiger partial charge is 0.384 e. The number of alkyl halides is 3. The van der Waals surface area contributed by atoms with Gasteiger partial charge in [0.1, 0.15) is 5.82 Å². The number of hydrogen-bond acceptors (Lipinski definition) is 2. The number of nitrogen functional groups attached to an aromatic ring is 1. The minimum Gasteiger partial charge on any atom is -0.384 e. The molecule has 0 aliphatic rings. The molecular formula is C16H17F3N2. The molecule has 0 fully saturated rings. The first-order valence-electron chi connectivity index (χ1n) is 6.53. The first-order valence-corrected chi connectivity index (χ1v) is 6.53. The Hall–Kier alpha value is -2.04. The van der Waals surface area contributed by atoms with Crippen LogP contribution in [0.2, 0.25) is 0 Å². The maximum Gasteiger partial charge on any atom is 0.416 e. The second-order valence-corrected chi connectivity index (χ2v) is 5.99. The predicted octanol–water partition coefficient (Wildman–Crippen LogP) is 4.65. The van der Waals surface area contributed by atoms with Crippen LogP contribution in [0, 0.1) is 0 Å². The lowest BCUT2D eigenvalue weighted by atomic mass is 9.86. The van der Waals surface area contributed by atoms with Crippen LogP contribution in [0.4, 0.5) is 19.0 Å². The van der Waals surface area contributed by atoms with Crippen molar-refractivity contribution < 1.29 is 13.2 Å². The SMILES string of the molecule is CC(C)(C)c1ccc(-c2cc(C(F)(F)F)cc(N)n2)cc1. The third kappa shape index (κ3) is 3.54. The lowest BCUT2D eigenvalue weighted by Gasteiger charge is -2.19. The molecule has 0 spiro atoms. The topological polar surface area (TPSA) is 38.9 Å². The van der Waals surface area contributed by atoms with Gasteiger partial charge in [-0.15, -0.1) is 0 Å². The second-order valence-electron chi connectivity index (χ2n) is 5.99. The van der Waals surface area contributed by atoms with Crippen molar-refractivity contribution in [2.75, 3.05) is 5.73 Å². The molecule has 0 aliphatic carbocycles. The Balaban J connectivity index is 2.45. The zero-order valence-electron chi connectivity index (χ0n) is 12.1. The molecule has 0 saturated carbocycles. The van der Waals surface area contributed by atoms with Crippen LogP contribution in [0.3, 0.4) is 0 Å². The summed E-state index contributed by atoms with van der Waals surface area (Å²) in [6, 6.07) is 9.18. The summed E-state index contributed by atoms with van der Waals surface area (Å²) in [5.41, 5.74) is 6.62. The monoisotopic (exact) mass is 294 g/mol. The normalized spacial score (nSPS) is 12.5. The highest BCUT2D eigenvalue weighted by atomic mass is 19.4. The summed E-state index contributed by atoms with van der Waals surface area (Å²) in [7, 11) is 0. The van der Waals surface area contributed by atoms with Gasteiger partial charge in [-0.05, 0) is 23.1 Å². The van der Waals surface area contributed by atoms with Gasteiger partial charge in [0.15, 0.2) is 0 Å². The minimum atomic E-state index is -4.43. The van der Waals surface area contributed by atoms with Gasteiger partial charge >= 0.3 is 6.18 Å². The first-order chi connectivity index (χ1) is 9.57. The molecule has 2 nitrogen and oxygen atoms in total. The van der Waals surface area contributed by atoms with Crippen LogP contribution in [0.1, 0.15) is 31.9 Å². The second kappa shape index (κ2) is 5.06. The van der Waals surface area contributed by atoms with Crippen LogP contribution in [0.15, 0.2) is 36.4 Å². The average Bonchev–Trinajstić information content (AvgIpc) is 2.36. The molecule has 1 heterocycles. The molecule has 0 atom stereocenters. The number of nitrogens with zero attached hydrogens (tertiary/aromatic N) is 1. The van der Waals surface area contributed by atoms with E-state index in [2.05, 4.69) is 25.8 Å². The van der Waals surface area contributed by atoms with Gasteiger partial charge in [-0.2, -0.15) is 13.2 Å². The van der Waals surface area contributed by atoms with Gasteiger partial charge in [-0.1, -0.05) is 45.0 Å². The van der Waals surface area contributed by atoms with Crippen molar-refractivity contribution in [1.82, 2.24) is 4.98 Å². The summed E-state index contributed by atoms with van der Waals surface area (Å²) >= 11 is 0. The standard InChI is InChI=1S/C16H17F3N2/c1-15(2,3)11-6-4-10(5-7-11)13-8-12(16(17,18)19)9-14(20)21-13/h4-9H,1-3H3,(H2,20,21). The fraction of sp³-hybridized carbons (Fsp3) is 0.312. The Kier molecular flexibility index (Phi) is 3.70. The summed E-state index contributed by atoms with van der Waals surface area (Å²) in [5.74, 6) is -0.139. The minimum absolute atomic E-state index is 0.0151. The van der Waals surface area contributed by atoms with Crippen molar-refractivity contribution >= 4 is 5.82 Å². The third-order valence-corrected chi connectivity index (χ3v) is 3.22. The number of halogens is 3. The fourth-order valence-electron chi connectivity index (χ4n) is 2.00. The Labute approximate surface area is 121 Å². The first kappa shape index (κ1) is 15.4. The maximum absolute atomic E-state index is 12.8. The summed E-state index contributed by atoms with van der Waals surface area (Å²) in [5, 5.41) is 0. The largest absolute Gasteiger partial charge is 0.416 e. The molecule has 0 radical (unpaired) electrons. The van der Waals surface area contributed by atoms with Gasteiger partial charge in [0.05, 0.1) is 11.3 Å². The van der Waals surface area contributed by atoms with Crippen molar-refractivity contribution in [3.63, 3.8) is 0 Å². The Morgan fingerprint density at radius 1 is 0.905 bits per heavy atom. The Morgan fingerprint density at radius 3 is 1.95 bits per heavy atom. The van der Waals surface area contributed by atoms with E-state index in [1.807, 2.05) is 12.1 Å². The van der Waals surface area contributed by atoms with Crippen molar-refractivity contribution in [2.45, 2.75) is 32.4 Å². The third-order valence-electron chi connectivity index (χ3n) is 3.22. The zero-order valence-corrected chi connectivity index (χ0v) is 12.1. The van der Waals surface area contributed by atoms with Crippen LogP contribution >= 0.6 is 0 Å². The molecule has 1 aromatic heterocycles. The lowest BCUT2D eigenvalue weighted by Crippen LogP contribution is -2.10. The van der Waals surface area contributed by atoms with E-state index >= 15 is 0 Å². The Morgan fingerprint density at radius 2 is 1.48 bits per heavy atom. The van der Waals surface area contributed by atoms with Crippen LogP contribution < -0.4 is 5.73 Å². The quantitative estimate of drug-likeness (QED) is 0.831. The molecule has 5 heteroatoms. The molecule has 112 valence electrons. The number of anilines is 1. The molecule has 0 aliphatic heterocycles. The van der Waals surface area contributed by atoms with Gasteiger partial charge in [0.2, 0.25) is 0 Å². The number of nitrogens with two attached hydrogens (primary N) is 1. The Bertz CT molecular complexity index is 638. The predicted molar refractivity (Wildman–Crippen MR) is 77.8 cm³/mol. The molecule has 0 bridgehead atoms. The molecule has 21 heavy (non-hydrogen) atoms. The molecule has 2 aromatic rings. The molecule has 2 N–H and O–H groups in total.